The Morgan fingerprint density at radius 3 is 2.73 bits per heavy atom. The van der Waals surface area contributed by atoms with E-state index in [1.54, 1.807) is 0 Å². The molecule has 1 aliphatic rings. The quantitative estimate of drug-likeness (QED) is 0.344. The van der Waals surface area contributed by atoms with Gasteiger partial charge in [0.05, 0.1) is 22.1 Å². The second kappa shape index (κ2) is 9.15. The van der Waals surface area contributed by atoms with Crippen molar-refractivity contribution in [3.8, 4) is 17.4 Å². The van der Waals surface area contributed by atoms with Crippen molar-refractivity contribution in [2.24, 2.45) is 10.9 Å². The lowest BCUT2D eigenvalue weighted by molar-refractivity contribution is -0.120. The Morgan fingerprint density at radius 2 is 1.94 bits per heavy atom. The third-order valence-corrected chi connectivity index (χ3v) is 6.78. The second-order valence-electron chi connectivity index (χ2n) is 8.33. The summed E-state index contributed by atoms with van der Waals surface area (Å²) in [4.78, 5) is 25.8. The van der Waals surface area contributed by atoms with Gasteiger partial charge >= 0.3 is 5.95 Å². The van der Waals surface area contributed by atoms with E-state index in [1.807, 2.05) is 49.4 Å². The predicted molar refractivity (Wildman–Crippen MR) is 130 cm³/mol. The topological polar surface area (TPSA) is 101 Å². The van der Waals surface area contributed by atoms with Crippen molar-refractivity contribution in [1.82, 2.24) is 9.97 Å². The molecule has 2 aromatic heterocycles. The number of anilines is 1. The first-order chi connectivity index (χ1) is 16.0. The summed E-state index contributed by atoms with van der Waals surface area (Å²) in [6, 6.07) is 13.3. The number of thiazole rings is 1. The average Bonchev–Trinajstić information content (AvgIpc) is 3.40. The first-order valence-electron chi connectivity index (χ1n) is 11.1. The van der Waals surface area contributed by atoms with E-state index in [2.05, 4.69) is 20.3 Å². The van der Waals surface area contributed by atoms with Gasteiger partial charge in [0.1, 0.15) is 0 Å². The van der Waals surface area contributed by atoms with Crippen LogP contribution in [0.5, 0.6) is 5.95 Å². The van der Waals surface area contributed by atoms with E-state index in [9.17, 15) is 9.90 Å². The molecule has 0 aliphatic heterocycles. The molecule has 0 saturated heterocycles. The normalized spacial score (nSPS) is 14.8. The summed E-state index contributed by atoms with van der Waals surface area (Å²) in [6.45, 7) is 2.00. The molecule has 1 aliphatic carbocycles. The van der Waals surface area contributed by atoms with Crippen molar-refractivity contribution >= 4 is 44.5 Å². The summed E-state index contributed by atoms with van der Waals surface area (Å²) < 4.78 is 6.32. The fourth-order valence-corrected chi connectivity index (χ4v) is 4.88. The first kappa shape index (κ1) is 21.3. The van der Waals surface area contributed by atoms with Gasteiger partial charge in [-0.15, -0.1) is 0 Å². The van der Waals surface area contributed by atoms with Gasteiger partial charge in [0.15, 0.2) is 10.8 Å². The van der Waals surface area contributed by atoms with Crippen LogP contribution in [0.2, 0.25) is 0 Å². The maximum Gasteiger partial charge on any atom is 0.312 e. The number of hydrogen-bond donors (Lipinski definition) is 2. The number of aryl methyl sites for hydroxylation is 1. The third kappa shape index (κ3) is 4.80. The zero-order chi connectivity index (χ0) is 22.8. The summed E-state index contributed by atoms with van der Waals surface area (Å²) in [5, 5.41) is 13.7. The van der Waals surface area contributed by atoms with Crippen LogP contribution in [0.4, 0.5) is 10.8 Å². The van der Waals surface area contributed by atoms with Gasteiger partial charge in [0, 0.05) is 11.5 Å². The Balaban J connectivity index is 1.31. The number of amides is 1. The van der Waals surface area contributed by atoms with Crippen LogP contribution in [0.15, 0.2) is 51.9 Å². The number of aromatic hydroxyl groups is 1. The van der Waals surface area contributed by atoms with E-state index in [1.165, 1.54) is 24.0 Å². The number of hydrogen-bond acceptors (Lipinski definition) is 7. The number of carbonyl (C=O) groups excluding carboxylic acids is 1. The van der Waals surface area contributed by atoms with Gasteiger partial charge in [0.25, 0.3) is 0 Å². The van der Waals surface area contributed by atoms with Crippen molar-refractivity contribution < 1.29 is 14.3 Å². The molecule has 0 spiro atoms. The second-order valence-corrected chi connectivity index (χ2v) is 9.36. The Labute approximate surface area is 195 Å². The minimum atomic E-state index is -0.277. The zero-order valence-corrected chi connectivity index (χ0v) is 19.1. The molecule has 0 radical (unpaired) electrons. The van der Waals surface area contributed by atoms with E-state index in [4.69, 9.17) is 4.42 Å². The van der Waals surface area contributed by atoms with Gasteiger partial charge in [0.2, 0.25) is 11.8 Å². The van der Waals surface area contributed by atoms with Crippen LogP contribution < -0.4 is 5.32 Å². The number of rotatable bonds is 5. The number of aromatic nitrogens is 2. The van der Waals surface area contributed by atoms with Crippen molar-refractivity contribution in [2.75, 3.05) is 5.32 Å². The molecule has 8 heteroatoms. The van der Waals surface area contributed by atoms with Crippen LogP contribution in [0.1, 0.15) is 43.4 Å². The van der Waals surface area contributed by atoms with Crippen molar-refractivity contribution in [2.45, 2.75) is 39.0 Å². The van der Waals surface area contributed by atoms with Crippen molar-refractivity contribution in [1.29, 1.82) is 0 Å². The molecule has 2 heterocycles. The van der Waals surface area contributed by atoms with Crippen LogP contribution in [0.25, 0.3) is 21.7 Å². The van der Waals surface area contributed by atoms with Gasteiger partial charge in [-0.3, -0.25) is 9.79 Å². The molecular weight excluding hydrogens is 436 g/mol. The maximum absolute atomic E-state index is 12.5. The first-order valence-corrected chi connectivity index (χ1v) is 11.9. The van der Waals surface area contributed by atoms with Crippen LogP contribution in [-0.4, -0.2) is 27.2 Å². The SMILES string of the molecule is Cc1ccc(-c2nc(C=Nc3ccc4nc(NC(=O)C5CCCCC5)sc4c3)c(O)o2)cc1. The minimum absolute atomic E-state index is 0.0675. The molecule has 2 aromatic carbocycles. The van der Waals surface area contributed by atoms with Crippen molar-refractivity contribution in [3.63, 3.8) is 0 Å². The molecule has 5 rings (SSSR count). The lowest BCUT2D eigenvalue weighted by atomic mass is 9.89. The highest BCUT2D eigenvalue weighted by molar-refractivity contribution is 7.22. The molecule has 2 N–H and O–H groups in total. The highest BCUT2D eigenvalue weighted by Gasteiger charge is 2.22. The van der Waals surface area contributed by atoms with E-state index in [-0.39, 0.29) is 23.5 Å². The minimum Gasteiger partial charge on any atom is -0.479 e. The van der Waals surface area contributed by atoms with Crippen molar-refractivity contribution in [3.05, 3.63) is 53.7 Å². The zero-order valence-electron chi connectivity index (χ0n) is 18.2. The van der Waals surface area contributed by atoms with Crippen LogP contribution in [0, 0.1) is 12.8 Å². The average molecular weight is 461 g/mol. The summed E-state index contributed by atoms with van der Waals surface area (Å²) in [6.07, 6.45) is 6.84. The Morgan fingerprint density at radius 1 is 1.15 bits per heavy atom. The van der Waals surface area contributed by atoms with Gasteiger partial charge in [-0.1, -0.05) is 48.3 Å². The Kier molecular flexibility index (Phi) is 5.92. The molecule has 0 atom stereocenters. The molecule has 0 bridgehead atoms. The number of oxazole rings is 1. The lowest BCUT2D eigenvalue weighted by Crippen LogP contribution is -2.24. The fraction of sp³-hybridized carbons (Fsp3) is 0.280. The highest BCUT2D eigenvalue weighted by Crippen LogP contribution is 2.32. The molecule has 1 saturated carbocycles. The van der Waals surface area contributed by atoms with Gasteiger partial charge in [-0.05, 0) is 50.1 Å². The summed E-state index contributed by atoms with van der Waals surface area (Å²) in [7, 11) is 0. The largest absolute Gasteiger partial charge is 0.479 e. The standard InChI is InChI=1S/C25H24N4O3S/c1-15-7-9-17(10-8-15)23-27-20(24(31)32-23)14-26-18-11-12-19-21(13-18)33-25(28-19)29-22(30)16-5-3-2-4-6-16/h7-14,16,31H,2-6H2,1H3,(H,28,29,30). The monoisotopic (exact) mass is 460 g/mol. The summed E-state index contributed by atoms with van der Waals surface area (Å²) >= 11 is 1.43. The molecule has 168 valence electrons. The van der Waals surface area contributed by atoms with Crippen LogP contribution >= 0.6 is 11.3 Å². The molecule has 1 amide bonds. The predicted octanol–water partition coefficient (Wildman–Crippen LogP) is 6.23. The summed E-state index contributed by atoms with van der Waals surface area (Å²) in [5.41, 5.74) is 3.67. The van der Waals surface area contributed by atoms with E-state index >= 15 is 0 Å². The third-order valence-electron chi connectivity index (χ3n) is 5.85. The molecule has 33 heavy (non-hydrogen) atoms. The lowest BCUT2D eigenvalue weighted by Gasteiger charge is -2.19. The smallest absolute Gasteiger partial charge is 0.312 e. The van der Waals surface area contributed by atoms with E-state index in [0.29, 0.717) is 16.7 Å². The number of carbonyl (C=O) groups is 1. The Bertz CT molecular complexity index is 1320. The van der Waals surface area contributed by atoms with Gasteiger partial charge in [-0.2, -0.15) is 0 Å². The van der Waals surface area contributed by atoms with Crippen LogP contribution in [-0.2, 0) is 4.79 Å². The molecule has 0 unspecified atom stereocenters. The number of nitrogens with one attached hydrogen (secondary N) is 1. The molecule has 4 aromatic rings. The number of benzene rings is 2. The summed E-state index contributed by atoms with van der Waals surface area (Å²) in [5.74, 6) is 0.217. The highest BCUT2D eigenvalue weighted by atomic mass is 32.1. The molecule has 7 nitrogen and oxygen atoms in total. The number of nitrogens with zero attached hydrogens (tertiary/aromatic N) is 3. The molecule has 1 fully saturated rings. The van der Waals surface area contributed by atoms with Crippen LogP contribution in [0.3, 0.4) is 0 Å². The van der Waals surface area contributed by atoms with E-state index < -0.39 is 0 Å². The molecular formula is C25H24N4O3S. The maximum atomic E-state index is 12.5. The Hall–Kier alpha value is -3.52. The van der Waals surface area contributed by atoms with Gasteiger partial charge < -0.3 is 14.8 Å². The van der Waals surface area contributed by atoms with Gasteiger partial charge in [-0.25, -0.2) is 9.97 Å². The fourth-order valence-electron chi connectivity index (χ4n) is 3.98. The van der Waals surface area contributed by atoms with E-state index in [0.717, 1.165) is 47.0 Å². The number of fused-ring (bicyclic) bond motifs is 1. The number of aliphatic imine (C=N–C) groups is 1.